The number of halogens is 3. The molecule has 4 nitrogen and oxygen atoms in total. The molecule has 0 spiro atoms. The third-order valence-corrected chi connectivity index (χ3v) is 2.42. The first-order valence-electron chi connectivity index (χ1n) is 5.21. The number of hydrogen-bond donors (Lipinski definition) is 0. The average Bonchev–Trinajstić information content (AvgIpc) is 2.39. The summed E-state index contributed by atoms with van der Waals surface area (Å²) in [6, 6.07) is 3.83. The van der Waals surface area contributed by atoms with Gasteiger partial charge < -0.3 is 9.47 Å². The van der Waals surface area contributed by atoms with Crippen molar-refractivity contribution in [2.75, 3.05) is 7.11 Å². The largest absolute Gasteiger partial charge is 0.493 e. The van der Waals surface area contributed by atoms with Crippen LogP contribution in [-0.2, 0) is 0 Å². The van der Waals surface area contributed by atoms with Gasteiger partial charge in [-0.1, -0.05) is 11.6 Å². The number of nitrogens with zero attached hydrogens (tertiary/aromatic N) is 2. The third-order valence-electron chi connectivity index (χ3n) is 2.24. The summed E-state index contributed by atoms with van der Waals surface area (Å²) in [5.41, 5.74) is -0.152. The smallest absolute Gasteiger partial charge is 0.263 e. The van der Waals surface area contributed by atoms with E-state index in [1.165, 1.54) is 37.7 Å². The van der Waals surface area contributed by atoms with Crippen molar-refractivity contribution in [1.29, 1.82) is 0 Å². The molecule has 0 aliphatic heterocycles. The van der Waals surface area contributed by atoms with Gasteiger partial charge in [0.25, 0.3) is 6.43 Å². The van der Waals surface area contributed by atoms with E-state index in [-0.39, 0.29) is 28.1 Å². The summed E-state index contributed by atoms with van der Waals surface area (Å²) >= 11 is 5.67. The molecule has 1 aromatic heterocycles. The molecule has 0 aliphatic rings. The summed E-state index contributed by atoms with van der Waals surface area (Å²) in [5.74, 6) is 0.582. The molecule has 0 fully saturated rings. The highest BCUT2D eigenvalue weighted by Crippen LogP contribution is 2.34. The van der Waals surface area contributed by atoms with Crippen molar-refractivity contribution >= 4 is 11.6 Å². The summed E-state index contributed by atoms with van der Waals surface area (Å²) in [6.45, 7) is 0. The summed E-state index contributed by atoms with van der Waals surface area (Å²) < 4.78 is 35.5. The molecule has 7 heteroatoms. The molecule has 0 N–H and O–H groups in total. The average molecular weight is 287 g/mol. The van der Waals surface area contributed by atoms with Crippen LogP contribution in [-0.4, -0.2) is 17.1 Å². The SMILES string of the molecule is COc1cc(C(F)F)ccc1Oc1cncc(Cl)n1. The molecule has 0 saturated heterocycles. The van der Waals surface area contributed by atoms with Crippen LogP contribution in [0.3, 0.4) is 0 Å². The quantitative estimate of drug-likeness (QED) is 0.856. The van der Waals surface area contributed by atoms with Crippen LogP contribution in [0.1, 0.15) is 12.0 Å². The molecule has 0 saturated carbocycles. The van der Waals surface area contributed by atoms with Crippen LogP contribution in [0.15, 0.2) is 30.6 Å². The van der Waals surface area contributed by atoms with Crippen LogP contribution < -0.4 is 9.47 Å². The van der Waals surface area contributed by atoms with Gasteiger partial charge in [0.2, 0.25) is 5.88 Å². The lowest BCUT2D eigenvalue weighted by molar-refractivity contribution is 0.151. The van der Waals surface area contributed by atoms with Crippen molar-refractivity contribution in [2.45, 2.75) is 6.43 Å². The maximum atomic E-state index is 12.6. The molecule has 19 heavy (non-hydrogen) atoms. The normalized spacial score (nSPS) is 10.6. The predicted octanol–water partition coefficient (Wildman–Crippen LogP) is 3.87. The molecule has 1 aromatic carbocycles. The van der Waals surface area contributed by atoms with Gasteiger partial charge in [-0.15, -0.1) is 0 Å². The molecule has 0 aliphatic carbocycles. The Kier molecular flexibility index (Phi) is 4.11. The van der Waals surface area contributed by atoms with Gasteiger partial charge in [0.1, 0.15) is 0 Å². The van der Waals surface area contributed by atoms with E-state index in [1.54, 1.807) is 0 Å². The highest BCUT2D eigenvalue weighted by Gasteiger charge is 2.13. The van der Waals surface area contributed by atoms with Crippen LogP contribution in [0.4, 0.5) is 8.78 Å². The molecule has 0 radical (unpaired) electrons. The number of rotatable bonds is 4. The van der Waals surface area contributed by atoms with Crippen molar-refractivity contribution in [3.63, 3.8) is 0 Å². The van der Waals surface area contributed by atoms with E-state index in [4.69, 9.17) is 21.1 Å². The lowest BCUT2D eigenvalue weighted by Gasteiger charge is -2.10. The second-order valence-corrected chi connectivity index (χ2v) is 3.88. The number of methoxy groups -OCH3 is 1. The highest BCUT2D eigenvalue weighted by molar-refractivity contribution is 6.29. The van der Waals surface area contributed by atoms with Gasteiger partial charge in [-0.05, 0) is 18.2 Å². The number of benzene rings is 1. The Labute approximate surface area is 113 Å². The van der Waals surface area contributed by atoms with Crippen LogP contribution in [0.2, 0.25) is 5.15 Å². The Morgan fingerprint density at radius 2 is 2.00 bits per heavy atom. The van der Waals surface area contributed by atoms with E-state index in [9.17, 15) is 8.78 Å². The maximum Gasteiger partial charge on any atom is 0.263 e. The standard InChI is InChI=1S/C12H9ClF2N2O2/c1-18-9-4-7(12(14)15)2-3-8(9)19-11-6-16-5-10(13)17-11/h2-6,12H,1H3. The molecule has 1 heterocycles. The number of ether oxygens (including phenoxy) is 2. The summed E-state index contributed by atoms with van der Waals surface area (Å²) in [5, 5.41) is 0.167. The van der Waals surface area contributed by atoms with Crippen molar-refractivity contribution in [3.8, 4) is 17.4 Å². The van der Waals surface area contributed by atoms with Gasteiger partial charge in [-0.3, -0.25) is 4.98 Å². The van der Waals surface area contributed by atoms with E-state index in [0.717, 1.165) is 0 Å². The molecule has 0 amide bonds. The second kappa shape index (κ2) is 5.79. The topological polar surface area (TPSA) is 44.2 Å². The zero-order valence-corrected chi connectivity index (χ0v) is 10.6. The number of aromatic nitrogens is 2. The summed E-state index contributed by atoms with van der Waals surface area (Å²) in [6.07, 6.45) is 0.131. The molecule has 0 unspecified atom stereocenters. The zero-order valence-electron chi connectivity index (χ0n) is 9.81. The summed E-state index contributed by atoms with van der Waals surface area (Å²) in [4.78, 5) is 7.68. The lowest BCUT2D eigenvalue weighted by atomic mass is 10.2. The molecule has 0 bridgehead atoms. The first-order chi connectivity index (χ1) is 9.10. The Hall–Kier alpha value is -1.95. The molecule has 100 valence electrons. The minimum atomic E-state index is -2.58. The van der Waals surface area contributed by atoms with Gasteiger partial charge in [-0.2, -0.15) is 4.98 Å². The predicted molar refractivity (Wildman–Crippen MR) is 65.1 cm³/mol. The van der Waals surface area contributed by atoms with E-state index in [1.807, 2.05) is 0 Å². The molecular weight excluding hydrogens is 278 g/mol. The van der Waals surface area contributed by atoms with Crippen LogP contribution in [0.25, 0.3) is 0 Å². The Bertz CT molecular complexity index is 581. The zero-order chi connectivity index (χ0) is 13.8. The maximum absolute atomic E-state index is 12.6. The van der Waals surface area contributed by atoms with Crippen molar-refractivity contribution in [1.82, 2.24) is 9.97 Å². The van der Waals surface area contributed by atoms with Crippen molar-refractivity contribution in [2.24, 2.45) is 0 Å². The molecular formula is C12H9ClF2N2O2. The molecule has 2 aromatic rings. The summed E-state index contributed by atoms with van der Waals surface area (Å²) in [7, 11) is 1.36. The fourth-order valence-corrected chi connectivity index (χ4v) is 1.53. The minimum absolute atomic E-state index is 0.149. The Balaban J connectivity index is 2.29. The van der Waals surface area contributed by atoms with Crippen molar-refractivity contribution < 1.29 is 18.3 Å². The van der Waals surface area contributed by atoms with Gasteiger partial charge in [0.05, 0.1) is 19.5 Å². The minimum Gasteiger partial charge on any atom is -0.493 e. The van der Waals surface area contributed by atoms with E-state index >= 15 is 0 Å². The van der Waals surface area contributed by atoms with Crippen LogP contribution in [0.5, 0.6) is 17.4 Å². The monoisotopic (exact) mass is 286 g/mol. The number of alkyl halides is 2. The highest BCUT2D eigenvalue weighted by atomic mass is 35.5. The fourth-order valence-electron chi connectivity index (χ4n) is 1.39. The molecule has 2 rings (SSSR count). The Morgan fingerprint density at radius 3 is 2.63 bits per heavy atom. The van der Waals surface area contributed by atoms with E-state index in [2.05, 4.69) is 9.97 Å². The molecule has 0 atom stereocenters. The van der Waals surface area contributed by atoms with E-state index in [0.29, 0.717) is 0 Å². The fraction of sp³-hybridized carbons (Fsp3) is 0.167. The van der Waals surface area contributed by atoms with Crippen molar-refractivity contribution in [3.05, 3.63) is 41.3 Å². The third kappa shape index (κ3) is 3.29. The lowest BCUT2D eigenvalue weighted by Crippen LogP contribution is -1.95. The van der Waals surface area contributed by atoms with Gasteiger partial charge in [-0.25, -0.2) is 8.78 Å². The Morgan fingerprint density at radius 1 is 1.21 bits per heavy atom. The number of hydrogen-bond acceptors (Lipinski definition) is 4. The van der Waals surface area contributed by atoms with Crippen LogP contribution in [0, 0.1) is 0 Å². The first-order valence-corrected chi connectivity index (χ1v) is 5.59. The van der Waals surface area contributed by atoms with Gasteiger partial charge in [0.15, 0.2) is 16.7 Å². The van der Waals surface area contributed by atoms with E-state index < -0.39 is 6.43 Å². The second-order valence-electron chi connectivity index (χ2n) is 3.49. The van der Waals surface area contributed by atoms with Gasteiger partial charge in [0, 0.05) is 5.56 Å². The van der Waals surface area contributed by atoms with Crippen LogP contribution >= 0.6 is 11.6 Å². The van der Waals surface area contributed by atoms with Gasteiger partial charge >= 0.3 is 0 Å². The first kappa shape index (κ1) is 13.5.